The van der Waals surface area contributed by atoms with Gasteiger partial charge in [-0.3, -0.25) is 10.1 Å². The molecule has 0 fully saturated rings. The first-order valence-corrected chi connectivity index (χ1v) is 10.2. The van der Waals surface area contributed by atoms with Gasteiger partial charge in [0.1, 0.15) is 5.69 Å². The number of thioether (sulfide) groups is 1. The van der Waals surface area contributed by atoms with E-state index in [4.69, 9.17) is 0 Å². The van der Waals surface area contributed by atoms with Crippen LogP contribution in [0.4, 0.5) is 17.1 Å². The quantitative estimate of drug-likeness (QED) is 0.400. The molecule has 0 bridgehead atoms. The van der Waals surface area contributed by atoms with Gasteiger partial charge in [0.05, 0.1) is 16.8 Å². The number of nitrogens with zero attached hydrogens (tertiary/aromatic N) is 3. The molecule has 1 aromatic heterocycles. The Balaban J connectivity index is 1.96. The van der Waals surface area contributed by atoms with Crippen LogP contribution in [-0.4, -0.2) is 37.6 Å². The van der Waals surface area contributed by atoms with Gasteiger partial charge in [-0.25, -0.2) is 9.78 Å². The summed E-state index contributed by atoms with van der Waals surface area (Å²) in [6, 6.07) is 10.4. The van der Waals surface area contributed by atoms with Crippen LogP contribution in [0.25, 0.3) is 0 Å². The lowest BCUT2D eigenvalue weighted by atomic mass is 10.0. The molecule has 29 heavy (non-hydrogen) atoms. The first-order valence-electron chi connectivity index (χ1n) is 8.83. The number of nitrogens with one attached hydrogen (secondary N) is 1. The topological polar surface area (TPSA) is 110 Å². The molecule has 0 atom stereocenters. The monoisotopic (exact) mass is 412 g/mol. The van der Waals surface area contributed by atoms with Crippen LogP contribution in [0, 0.1) is 10.1 Å². The SMILES string of the molecule is CSCCc1c(C(=O)O)ccc(Nc2cccc(Cn3ccnc3)c2)c1[N+](=O)[O-]. The van der Waals surface area contributed by atoms with Gasteiger partial charge >= 0.3 is 5.97 Å². The zero-order valence-electron chi connectivity index (χ0n) is 15.7. The van der Waals surface area contributed by atoms with Gasteiger partial charge in [-0.15, -0.1) is 0 Å². The molecule has 0 saturated carbocycles. The summed E-state index contributed by atoms with van der Waals surface area (Å²) in [6.45, 7) is 0.620. The Kier molecular flexibility index (Phi) is 6.50. The van der Waals surface area contributed by atoms with Gasteiger partial charge in [-0.2, -0.15) is 11.8 Å². The van der Waals surface area contributed by atoms with Crippen molar-refractivity contribution in [2.24, 2.45) is 0 Å². The first kappa shape index (κ1) is 20.4. The lowest BCUT2D eigenvalue weighted by molar-refractivity contribution is -0.384. The van der Waals surface area contributed by atoms with E-state index in [9.17, 15) is 20.0 Å². The highest BCUT2D eigenvalue weighted by atomic mass is 32.2. The van der Waals surface area contributed by atoms with Crippen molar-refractivity contribution >= 4 is 34.8 Å². The first-order chi connectivity index (χ1) is 14.0. The molecule has 150 valence electrons. The van der Waals surface area contributed by atoms with Crippen LogP contribution >= 0.6 is 11.8 Å². The molecule has 0 saturated heterocycles. The molecule has 2 N–H and O–H groups in total. The second kappa shape index (κ2) is 9.24. The van der Waals surface area contributed by atoms with Gasteiger partial charge in [-0.1, -0.05) is 12.1 Å². The molecule has 9 heteroatoms. The van der Waals surface area contributed by atoms with E-state index in [2.05, 4.69) is 10.3 Å². The zero-order chi connectivity index (χ0) is 20.8. The predicted molar refractivity (Wildman–Crippen MR) is 113 cm³/mol. The highest BCUT2D eigenvalue weighted by molar-refractivity contribution is 7.98. The van der Waals surface area contributed by atoms with E-state index < -0.39 is 10.9 Å². The Morgan fingerprint density at radius 3 is 2.83 bits per heavy atom. The molecule has 0 unspecified atom stereocenters. The Hall–Kier alpha value is -3.33. The summed E-state index contributed by atoms with van der Waals surface area (Å²) < 4.78 is 1.92. The van der Waals surface area contributed by atoms with Crippen LogP contribution < -0.4 is 5.32 Å². The average Bonchev–Trinajstić information content (AvgIpc) is 3.19. The van der Waals surface area contributed by atoms with Gasteiger partial charge in [0.25, 0.3) is 5.69 Å². The normalized spacial score (nSPS) is 10.7. The van der Waals surface area contributed by atoms with E-state index in [0.717, 1.165) is 5.56 Å². The standard InChI is InChI=1S/C20H20N4O4S/c1-29-10-7-16-17(20(25)26)5-6-18(19(16)24(27)28)22-15-4-2-3-14(11-15)12-23-9-8-21-13-23/h2-6,8-9,11,13,22H,7,10,12H2,1H3,(H,25,26). The van der Waals surface area contributed by atoms with Gasteiger partial charge in [0, 0.05) is 30.2 Å². The third-order valence-electron chi connectivity index (χ3n) is 4.38. The number of anilines is 2. The van der Waals surface area contributed by atoms with Crippen LogP contribution in [0.2, 0.25) is 0 Å². The van der Waals surface area contributed by atoms with Crippen LogP contribution in [0.15, 0.2) is 55.1 Å². The molecule has 0 aliphatic rings. The minimum absolute atomic E-state index is 0.0369. The molecule has 0 amide bonds. The van der Waals surface area contributed by atoms with E-state index in [-0.39, 0.29) is 22.5 Å². The number of hydrogen-bond acceptors (Lipinski definition) is 6. The number of nitro benzene ring substituents is 1. The predicted octanol–water partition coefficient (Wildman–Crippen LogP) is 4.19. The van der Waals surface area contributed by atoms with E-state index in [1.807, 2.05) is 41.3 Å². The molecule has 0 spiro atoms. The number of imidazole rings is 1. The van der Waals surface area contributed by atoms with Crippen molar-refractivity contribution in [2.45, 2.75) is 13.0 Å². The number of aromatic carboxylic acids is 1. The number of carbonyl (C=O) groups is 1. The minimum Gasteiger partial charge on any atom is -0.478 e. The summed E-state index contributed by atoms with van der Waals surface area (Å²) in [7, 11) is 0. The summed E-state index contributed by atoms with van der Waals surface area (Å²) in [4.78, 5) is 26.9. The third kappa shape index (κ3) is 4.94. The molecule has 0 aliphatic carbocycles. The molecular formula is C20H20N4O4S. The summed E-state index contributed by atoms with van der Waals surface area (Å²) in [6.07, 6.45) is 7.45. The number of benzene rings is 2. The maximum atomic E-state index is 11.8. The van der Waals surface area contributed by atoms with Crippen molar-refractivity contribution in [1.82, 2.24) is 9.55 Å². The maximum Gasteiger partial charge on any atom is 0.336 e. The fraction of sp³-hybridized carbons (Fsp3) is 0.200. The Morgan fingerprint density at radius 1 is 1.34 bits per heavy atom. The molecular weight excluding hydrogens is 392 g/mol. The highest BCUT2D eigenvalue weighted by Gasteiger charge is 2.25. The average molecular weight is 412 g/mol. The number of carboxylic acid groups (broad SMARTS) is 1. The number of aromatic nitrogens is 2. The number of nitro groups is 1. The van der Waals surface area contributed by atoms with Crippen LogP contribution in [-0.2, 0) is 13.0 Å². The van der Waals surface area contributed by atoms with Crippen molar-refractivity contribution in [3.63, 3.8) is 0 Å². The van der Waals surface area contributed by atoms with E-state index in [0.29, 0.717) is 24.4 Å². The summed E-state index contributed by atoms with van der Waals surface area (Å²) >= 11 is 1.51. The van der Waals surface area contributed by atoms with Crippen molar-refractivity contribution < 1.29 is 14.8 Å². The van der Waals surface area contributed by atoms with E-state index in [1.165, 1.54) is 23.9 Å². The lowest BCUT2D eigenvalue weighted by Gasteiger charge is -2.13. The van der Waals surface area contributed by atoms with Gasteiger partial charge in [0.2, 0.25) is 0 Å². The summed E-state index contributed by atoms with van der Waals surface area (Å²) in [5, 5.41) is 24.3. The number of rotatable bonds is 9. The van der Waals surface area contributed by atoms with E-state index >= 15 is 0 Å². The lowest BCUT2D eigenvalue weighted by Crippen LogP contribution is -2.09. The highest BCUT2D eigenvalue weighted by Crippen LogP contribution is 2.34. The van der Waals surface area contributed by atoms with Crippen molar-refractivity contribution in [1.29, 1.82) is 0 Å². The zero-order valence-corrected chi connectivity index (χ0v) is 16.6. The molecule has 8 nitrogen and oxygen atoms in total. The maximum absolute atomic E-state index is 11.8. The van der Waals surface area contributed by atoms with E-state index in [1.54, 1.807) is 12.5 Å². The Labute approximate surface area is 171 Å². The smallest absolute Gasteiger partial charge is 0.336 e. The fourth-order valence-corrected chi connectivity index (χ4v) is 3.51. The van der Waals surface area contributed by atoms with Gasteiger partial charge in [0.15, 0.2) is 0 Å². The second-order valence-corrected chi connectivity index (χ2v) is 7.34. The Bertz CT molecular complexity index is 1020. The van der Waals surface area contributed by atoms with Crippen LogP contribution in [0.5, 0.6) is 0 Å². The summed E-state index contributed by atoms with van der Waals surface area (Å²) in [5.74, 6) is -0.580. The number of hydrogen-bond donors (Lipinski definition) is 2. The molecule has 2 aromatic carbocycles. The Morgan fingerprint density at radius 2 is 2.17 bits per heavy atom. The van der Waals surface area contributed by atoms with Gasteiger partial charge in [-0.05, 0) is 48.3 Å². The molecule has 0 radical (unpaired) electrons. The molecule has 3 aromatic rings. The largest absolute Gasteiger partial charge is 0.478 e. The van der Waals surface area contributed by atoms with Crippen LogP contribution in [0.3, 0.4) is 0 Å². The third-order valence-corrected chi connectivity index (χ3v) is 4.99. The second-order valence-electron chi connectivity index (χ2n) is 6.35. The molecule has 3 rings (SSSR count). The molecule has 1 heterocycles. The summed E-state index contributed by atoms with van der Waals surface area (Å²) in [5.41, 5.74) is 1.96. The van der Waals surface area contributed by atoms with Crippen LogP contribution in [0.1, 0.15) is 21.5 Å². The van der Waals surface area contributed by atoms with Crippen molar-refractivity contribution in [2.75, 3.05) is 17.3 Å². The van der Waals surface area contributed by atoms with Crippen molar-refractivity contribution in [3.8, 4) is 0 Å². The molecule has 0 aliphatic heterocycles. The van der Waals surface area contributed by atoms with Gasteiger partial charge < -0.3 is 15.0 Å². The fourth-order valence-electron chi connectivity index (χ4n) is 3.10. The van der Waals surface area contributed by atoms with Crippen molar-refractivity contribution in [3.05, 3.63) is 81.9 Å². The number of carboxylic acids is 1. The minimum atomic E-state index is -1.17.